The number of aromatic nitrogens is 3. The molecular weight excluding hydrogens is 468 g/mol. The second kappa shape index (κ2) is 10.0. The topological polar surface area (TPSA) is 132 Å². The fourth-order valence-corrected chi connectivity index (χ4v) is 5.59. The van der Waals surface area contributed by atoms with E-state index in [0.717, 1.165) is 16.6 Å². The maximum Gasteiger partial charge on any atom is 0.409 e. The van der Waals surface area contributed by atoms with Crippen LogP contribution in [0.2, 0.25) is 0 Å². The van der Waals surface area contributed by atoms with Crippen molar-refractivity contribution in [3.63, 3.8) is 0 Å². The van der Waals surface area contributed by atoms with Gasteiger partial charge in [-0.2, -0.15) is 5.10 Å². The van der Waals surface area contributed by atoms with Crippen LogP contribution in [0, 0.1) is 5.41 Å². The van der Waals surface area contributed by atoms with E-state index in [1.807, 2.05) is 36.1 Å². The Morgan fingerprint density at radius 2 is 2.09 bits per heavy atom. The zero-order valence-corrected chi connectivity index (χ0v) is 20.8. The van der Waals surface area contributed by atoms with Crippen LogP contribution in [-0.4, -0.2) is 61.7 Å². The predicted octanol–water partition coefficient (Wildman–Crippen LogP) is 4.33. The molecule has 3 N–H and O–H groups in total. The number of hydrogen-bond acceptors (Lipinski definition) is 7. The highest BCUT2D eigenvalue weighted by atomic mass is 32.1. The molecule has 0 radical (unpaired) electrons. The number of fused-ring (bicyclic) bond motifs is 1. The quantitative estimate of drug-likeness (QED) is 0.374. The van der Waals surface area contributed by atoms with E-state index in [1.54, 1.807) is 0 Å². The summed E-state index contributed by atoms with van der Waals surface area (Å²) in [5.41, 5.74) is 0.627. The second-order valence-corrected chi connectivity index (χ2v) is 10.6. The smallest absolute Gasteiger partial charge is 0.409 e. The number of hydrogen-bond donors (Lipinski definition) is 3. The summed E-state index contributed by atoms with van der Waals surface area (Å²) in [4.78, 5) is 46.7. The molecule has 3 heterocycles. The molecule has 1 aliphatic heterocycles. The largest absolute Gasteiger partial charge is 0.465 e. The van der Waals surface area contributed by atoms with Crippen molar-refractivity contribution in [1.29, 1.82) is 0 Å². The van der Waals surface area contributed by atoms with Crippen LogP contribution in [0.3, 0.4) is 0 Å². The van der Waals surface area contributed by atoms with Crippen LogP contribution >= 0.6 is 11.3 Å². The van der Waals surface area contributed by atoms with E-state index in [2.05, 4.69) is 29.4 Å². The number of rotatable bonds is 9. The number of H-pyrrole nitrogens is 1. The lowest BCUT2D eigenvalue weighted by atomic mass is 9.91. The molecule has 1 unspecified atom stereocenters. The number of ketones is 1. The van der Waals surface area contributed by atoms with Gasteiger partial charge in [-0.15, -0.1) is 0 Å². The molecule has 35 heavy (non-hydrogen) atoms. The van der Waals surface area contributed by atoms with Crippen LogP contribution in [0.1, 0.15) is 46.5 Å². The molecule has 0 aliphatic carbocycles. The molecule has 0 bridgehead atoms. The average molecular weight is 499 g/mol. The monoisotopic (exact) mass is 498 g/mol. The number of carbonyl (C=O) groups excluding carboxylic acids is 2. The molecule has 1 aromatic carbocycles. The number of thiazole rings is 1. The summed E-state index contributed by atoms with van der Waals surface area (Å²) >= 11 is 1.50. The molecule has 4 rings (SSSR count). The molecule has 3 aromatic rings. The summed E-state index contributed by atoms with van der Waals surface area (Å²) in [6, 6.07) is 8.17. The highest BCUT2D eigenvalue weighted by molar-refractivity contribution is 7.22. The van der Waals surface area contributed by atoms with Crippen molar-refractivity contribution in [2.45, 2.75) is 58.7 Å². The maximum atomic E-state index is 13.3. The van der Waals surface area contributed by atoms with Crippen LogP contribution in [0.4, 0.5) is 15.7 Å². The zero-order chi connectivity index (χ0) is 25.2. The molecule has 0 saturated carbocycles. The number of amides is 2. The second-order valence-electron chi connectivity index (χ2n) is 9.58. The molecule has 2 atom stereocenters. The first-order valence-electron chi connectivity index (χ1n) is 11.7. The number of nitrogens with one attached hydrogen (secondary N) is 2. The molecule has 186 valence electrons. The first-order chi connectivity index (χ1) is 16.7. The molecule has 2 amide bonds. The van der Waals surface area contributed by atoms with E-state index in [9.17, 15) is 19.5 Å². The molecule has 10 nitrogen and oxygen atoms in total. The lowest BCUT2D eigenvalue weighted by molar-refractivity contribution is -0.138. The van der Waals surface area contributed by atoms with Crippen LogP contribution in [-0.2, 0) is 9.59 Å². The Bertz CT molecular complexity index is 1170. The van der Waals surface area contributed by atoms with Crippen molar-refractivity contribution in [3.8, 4) is 0 Å². The van der Waals surface area contributed by atoms with Crippen LogP contribution in [0.25, 0.3) is 10.2 Å². The first-order valence-corrected chi connectivity index (χ1v) is 12.5. The molecule has 0 spiro atoms. The third-order valence-corrected chi connectivity index (χ3v) is 7.28. The average Bonchev–Trinajstić information content (AvgIpc) is 3.54. The van der Waals surface area contributed by atoms with E-state index in [4.69, 9.17) is 4.98 Å². The number of anilines is 2. The number of unbranched alkanes of at least 4 members (excludes halogenated alkanes) is 1. The Morgan fingerprint density at radius 3 is 2.74 bits per heavy atom. The number of carboxylic acid groups (broad SMARTS) is 1. The number of Topliss-reactive ketones (excluding diaryl/α,β-unsaturated/α-hetero) is 1. The van der Waals surface area contributed by atoms with Gasteiger partial charge in [0.15, 0.2) is 5.13 Å². The molecule has 1 aliphatic rings. The van der Waals surface area contributed by atoms with Crippen molar-refractivity contribution in [2.24, 2.45) is 5.41 Å². The third-order valence-electron chi connectivity index (χ3n) is 6.21. The third kappa shape index (κ3) is 5.29. The van der Waals surface area contributed by atoms with Gasteiger partial charge in [0.1, 0.15) is 18.0 Å². The van der Waals surface area contributed by atoms with Gasteiger partial charge < -0.3 is 15.3 Å². The summed E-state index contributed by atoms with van der Waals surface area (Å²) in [5.74, 6) is -1.38. The Labute approximate surface area is 207 Å². The van der Waals surface area contributed by atoms with Gasteiger partial charge in [-0.05, 0) is 30.4 Å². The minimum Gasteiger partial charge on any atom is -0.465 e. The molecule has 1 saturated heterocycles. The lowest BCUT2D eigenvalue weighted by Crippen LogP contribution is -2.56. The Balaban J connectivity index is 1.69. The zero-order valence-electron chi connectivity index (χ0n) is 20.0. The predicted molar refractivity (Wildman–Crippen MR) is 135 cm³/mol. The SMILES string of the molecule is CCCC[C@@H](C(=O)C(=O)Nc1ccn[nH]1)N(C(=O)O)C1CC(C)(C)CN1c1nc2ccccc2s1. The van der Waals surface area contributed by atoms with Gasteiger partial charge in [0, 0.05) is 12.6 Å². The first kappa shape index (κ1) is 24.6. The number of para-hydroxylation sites is 1. The number of nitrogens with zero attached hydrogens (tertiary/aromatic N) is 4. The number of aromatic amines is 1. The van der Waals surface area contributed by atoms with Crippen LogP contribution < -0.4 is 10.2 Å². The summed E-state index contributed by atoms with van der Waals surface area (Å²) in [5, 5.41) is 19.9. The minimum atomic E-state index is -1.23. The number of benzene rings is 1. The summed E-state index contributed by atoms with van der Waals surface area (Å²) < 4.78 is 1.00. The standard InChI is InChI=1S/C24H30N6O4S/c1-4-5-9-16(20(31)21(32)27-18-11-12-25-28-18)30(23(33)34)19-13-24(2,3)14-29(19)22-26-15-8-6-7-10-17(15)35-22/h6-8,10-12,16,19H,4-5,9,13-14H2,1-3H3,(H,33,34)(H2,25,27,28,32)/t16-,19?/m0/s1. The van der Waals surface area contributed by atoms with Gasteiger partial charge in [0.05, 0.1) is 16.4 Å². The summed E-state index contributed by atoms with van der Waals surface area (Å²) in [6.45, 7) is 6.68. The van der Waals surface area contributed by atoms with E-state index in [0.29, 0.717) is 24.5 Å². The lowest BCUT2D eigenvalue weighted by Gasteiger charge is -2.37. The van der Waals surface area contributed by atoms with Gasteiger partial charge in [0.25, 0.3) is 5.91 Å². The van der Waals surface area contributed by atoms with E-state index in [1.165, 1.54) is 28.5 Å². The van der Waals surface area contributed by atoms with E-state index >= 15 is 0 Å². The Morgan fingerprint density at radius 1 is 1.31 bits per heavy atom. The minimum absolute atomic E-state index is 0.216. The van der Waals surface area contributed by atoms with Crippen LogP contribution in [0.5, 0.6) is 0 Å². The van der Waals surface area contributed by atoms with Crippen molar-refractivity contribution >= 4 is 50.3 Å². The van der Waals surface area contributed by atoms with Crippen molar-refractivity contribution in [3.05, 3.63) is 36.5 Å². The fraction of sp³-hybridized carbons (Fsp3) is 0.458. The normalized spacial score (nSPS) is 17.9. The Kier molecular flexibility index (Phi) is 7.06. The van der Waals surface area contributed by atoms with Crippen molar-refractivity contribution in [2.75, 3.05) is 16.8 Å². The Hall–Kier alpha value is -3.47. The number of carbonyl (C=O) groups is 3. The molecule has 1 fully saturated rings. The molecular formula is C24H30N6O4S. The highest BCUT2D eigenvalue weighted by Crippen LogP contribution is 2.42. The van der Waals surface area contributed by atoms with Crippen molar-refractivity contribution in [1.82, 2.24) is 20.1 Å². The van der Waals surface area contributed by atoms with E-state index in [-0.39, 0.29) is 17.7 Å². The van der Waals surface area contributed by atoms with Gasteiger partial charge >= 0.3 is 6.09 Å². The fourth-order valence-electron chi connectivity index (χ4n) is 4.59. The van der Waals surface area contributed by atoms with Gasteiger partial charge in [-0.1, -0.05) is 57.1 Å². The summed E-state index contributed by atoms with van der Waals surface area (Å²) in [6.07, 6.45) is 1.72. The summed E-state index contributed by atoms with van der Waals surface area (Å²) in [7, 11) is 0. The van der Waals surface area contributed by atoms with Crippen LogP contribution in [0.15, 0.2) is 36.5 Å². The van der Waals surface area contributed by atoms with Crippen molar-refractivity contribution < 1.29 is 19.5 Å². The maximum absolute atomic E-state index is 13.3. The van der Waals surface area contributed by atoms with Gasteiger partial charge in [-0.25, -0.2) is 9.78 Å². The van der Waals surface area contributed by atoms with E-state index < -0.39 is 30.0 Å². The molecule has 2 aromatic heterocycles. The highest BCUT2D eigenvalue weighted by Gasteiger charge is 2.47. The van der Waals surface area contributed by atoms with Gasteiger partial charge in [0.2, 0.25) is 5.78 Å². The van der Waals surface area contributed by atoms with Gasteiger partial charge in [-0.3, -0.25) is 19.6 Å². The molecule has 11 heteroatoms.